The van der Waals surface area contributed by atoms with Gasteiger partial charge in [-0.3, -0.25) is 0 Å². The molecule has 0 amide bonds. The molecule has 0 aliphatic carbocycles. The number of halogens is 2. The van der Waals surface area contributed by atoms with Gasteiger partial charge in [-0.1, -0.05) is 36.4 Å². The molecule has 0 fully saturated rings. The van der Waals surface area contributed by atoms with Crippen LogP contribution in [0.2, 0.25) is 0 Å². The zero-order chi connectivity index (χ0) is 24.2. The first-order valence-electron chi connectivity index (χ1n) is 9.67. The Labute approximate surface area is 224 Å². The molecule has 172 valence electrons. The van der Waals surface area contributed by atoms with Crippen molar-refractivity contribution in [2.75, 3.05) is 0 Å². The van der Waals surface area contributed by atoms with Gasteiger partial charge in [0.05, 0.1) is 25.0 Å². The van der Waals surface area contributed by atoms with Gasteiger partial charge in [0.15, 0.2) is 0 Å². The van der Waals surface area contributed by atoms with Crippen molar-refractivity contribution in [1.82, 2.24) is 0 Å². The molecule has 0 atom stereocenters. The molecule has 4 rings (SSSR count). The van der Waals surface area contributed by atoms with Crippen molar-refractivity contribution in [2.45, 2.75) is 0 Å². The van der Waals surface area contributed by atoms with Crippen LogP contribution in [0.4, 0.5) is 8.78 Å². The topological polar surface area (TPSA) is 75.7 Å². The summed E-state index contributed by atoms with van der Waals surface area (Å²) in [6.45, 7) is 0. The fourth-order valence-electron chi connectivity index (χ4n) is 2.35. The van der Waals surface area contributed by atoms with Gasteiger partial charge in [0.25, 0.3) is 0 Å². The van der Waals surface area contributed by atoms with Crippen LogP contribution in [-0.4, -0.2) is 22.5 Å². The van der Waals surface area contributed by atoms with E-state index in [-0.39, 0.29) is 41.2 Å². The monoisotopic (exact) mass is 558 g/mol. The SMILES string of the molecule is Fc1ccccc1/C=N/N=C(\[S-])c1ccco1.Fc1ccccc1/C=N/N=C(\[S-])c1ccco1.[Zn+2]. The Morgan fingerprint density at radius 2 is 1.03 bits per heavy atom. The Morgan fingerprint density at radius 1 is 0.629 bits per heavy atom. The van der Waals surface area contributed by atoms with E-state index in [9.17, 15) is 8.78 Å². The molecular formula is C24H16F2N4O2S2Zn. The van der Waals surface area contributed by atoms with Gasteiger partial charge in [0.1, 0.15) is 23.2 Å². The molecule has 35 heavy (non-hydrogen) atoms. The first-order chi connectivity index (χ1) is 16.5. The van der Waals surface area contributed by atoms with Gasteiger partial charge >= 0.3 is 19.5 Å². The van der Waals surface area contributed by atoms with Gasteiger partial charge in [-0.05, 0) is 46.5 Å². The Kier molecular flexibility index (Phi) is 11.8. The largest absolute Gasteiger partial charge is 2.00 e. The zero-order valence-electron chi connectivity index (χ0n) is 18.1. The van der Waals surface area contributed by atoms with Crippen LogP contribution in [0.25, 0.3) is 0 Å². The molecule has 0 saturated carbocycles. The minimum absolute atomic E-state index is 0. The number of furan rings is 2. The van der Waals surface area contributed by atoms with Gasteiger partial charge in [0, 0.05) is 11.1 Å². The van der Waals surface area contributed by atoms with E-state index in [4.69, 9.17) is 34.1 Å². The third kappa shape index (κ3) is 9.05. The van der Waals surface area contributed by atoms with Crippen molar-refractivity contribution in [1.29, 1.82) is 0 Å². The molecule has 2 aromatic carbocycles. The number of hydrogen-bond acceptors (Lipinski definition) is 8. The fraction of sp³-hybridized carbons (Fsp3) is 0. The second kappa shape index (κ2) is 14.8. The van der Waals surface area contributed by atoms with E-state index in [2.05, 4.69) is 20.4 Å². The summed E-state index contributed by atoms with van der Waals surface area (Å²) in [4.78, 5) is 0. The number of rotatable bonds is 6. The molecule has 2 heterocycles. The van der Waals surface area contributed by atoms with Crippen LogP contribution in [0.5, 0.6) is 0 Å². The Balaban J connectivity index is 0.000000240. The van der Waals surface area contributed by atoms with Crippen molar-refractivity contribution in [3.8, 4) is 0 Å². The van der Waals surface area contributed by atoms with Crippen molar-refractivity contribution in [2.24, 2.45) is 20.4 Å². The van der Waals surface area contributed by atoms with Gasteiger partial charge in [-0.2, -0.15) is 20.4 Å². The molecule has 0 radical (unpaired) electrons. The van der Waals surface area contributed by atoms with Gasteiger partial charge < -0.3 is 34.1 Å². The summed E-state index contributed by atoms with van der Waals surface area (Å²) < 4.78 is 36.5. The van der Waals surface area contributed by atoms with Crippen molar-refractivity contribution >= 4 is 47.8 Å². The van der Waals surface area contributed by atoms with Crippen molar-refractivity contribution in [3.05, 3.63) is 120 Å². The maximum absolute atomic E-state index is 13.2. The first-order valence-corrected chi connectivity index (χ1v) is 10.5. The fourth-order valence-corrected chi connectivity index (χ4v) is 2.67. The average molecular weight is 560 g/mol. The molecule has 0 bridgehead atoms. The quantitative estimate of drug-likeness (QED) is 0.103. The molecule has 0 N–H and O–H groups in total. The number of hydrogen-bond donors (Lipinski definition) is 0. The first kappa shape index (κ1) is 27.8. The molecule has 11 heteroatoms. The second-order valence-corrected chi connectivity index (χ2v) is 7.07. The Morgan fingerprint density at radius 3 is 1.37 bits per heavy atom. The van der Waals surface area contributed by atoms with E-state index in [1.807, 2.05) is 0 Å². The summed E-state index contributed by atoms with van der Waals surface area (Å²) in [7, 11) is 0. The van der Waals surface area contributed by atoms with Crippen LogP contribution >= 0.6 is 0 Å². The van der Waals surface area contributed by atoms with Crippen LogP contribution < -0.4 is 0 Å². The van der Waals surface area contributed by atoms with E-state index in [0.717, 1.165) is 0 Å². The van der Waals surface area contributed by atoms with Crippen LogP contribution in [0.15, 0.2) is 115 Å². The van der Waals surface area contributed by atoms with Crippen LogP contribution in [0.1, 0.15) is 22.6 Å². The molecule has 0 aliphatic heterocycles. The average Bonchev–Trinajstić information content (AvgIpc) is 3.57. The third-order valence-electron chi connectivity index (χ3n) is 3.97. The van der Waals surface area contributed by atoms with Gasteiger partial charge in [-0.15, -0.1) is 0 Å². The van der Waals surface area contributed by atoms with E-state index >= 15 is 0 Å². The van der Waals surface area contributed by atoms with Crippen LogP contribution in [0, 0.1) is 11.6 Å². The molecular weight excluding hydrogens is 544 g/mol. The summed E-state index contributed by atoms with van der Waals surface area (Å²) in [5, 5.41) is 15.4. The van der Waals surface area contributed by atoms with Crippen molar-refractivity contribution < 1.29 is 37.1 Å². The minimum Gasteiger partial charge on any atom is -0.755 e. The van der Waals surface area contributed by atoms with Crippen molar-refractivity contribution in [3.63, 3.8) is 0 Å². The maximum atomic E-state index is 13.2. The maximum Gasteiger partial charge on any atom is 2.00 e. The molecule has 2 aromatic heterocycles. The molecule has 0 unspecified atom stereocenters. The molecule has 0 saturated heterocycles. The van der Waals surface area contributed by atoms with Gasteiger partial charge in [-0.25, -0.2) is 8.78 Å². The number of benzene rings is 2. The second-order valence-electron chi connectivity index (χ2n) is 6.30. The standard InChI is InChI=1S/2C12H9FN2OS.Zn/c2*13-10-5-2-1-4-9(10)8-14-15-12(17)11-6-3-7-16-11;/h2*1-8H,(H,15,17);/q;;+2/p-2/b2*14-8+;. The summed E-state index contributed by atoms with van der Waals surface area (Å²) >= 11 is 9.91. The van der Waals surface area contributed by atoms with Crippen LogP contribution in [-0.2, 0) is 44.7 Å². The smallest absolute Gasteiger partial charge is 0.755 e. The summed E-state index contributed by atoms with van der Waals surface area (Å²) in [6, 6.07) is 19.3. The summed E-state index contributed by atoms with van der Waals surface area (Å²) in [6.07, 6.45) is 5.62. The molecule has 6 nitrogen and oxygen atoms in total. The minimum atomic E-state index is -0.352. The predicted octanol–water partition coefficient (Wildman–Crippen LogP) is 5.49. The van der Waals surface area contributed by atoms with Gasteiger partial charge in [0.2, 0.25) is 0 Å². The van der Waals surface area contributed by atoms with Crippen LogP contribution in [0.3, 0.4) is 0 Å². The van der Waals surface area contributed by atoms with E-state index in [1.54, 1.807) is 60.7 Å². The predicted molar refractivity (Wildman–Crippen MR) is 133 cm³/mol. The molecule has 0 aliphatic rings. The zero-order valence-corrected chi connectivity index (χ0v) is 22.7. The number of nitrogens with zero attached hydrogens (tertiary/aromatic N) is 4. The van der Waals surface area contributed by atoms with E-state index in [1.165, 1.54) is 37.1 Å². The van der Waals surface area contributed by atoms with E-state index < -0.39 is 0 Å². The summed E-state index contributed by atoms with van der Waals surface area (Å²) in [5.41, 5.74) is 0.719. The normalized spacial score (nSPS) is 11.8. The molecule has 4 aromatic rings. The third-order valence-corrected chi connectivity index (χ3v) is 4.53. The summed E-state index contributed by atoms with van der Waals surface area (Å²) in [5.74, 6) is 0.224. The van der Waals surface area contributed by atoms with E-state index in [0.29, 0.717) is 22.6 Å². The Bertz CT molecular complexity index is 1210. The Hall–Kier alpha value is -3.40. The molecule has 0 spiro atoms.